The fourth-order valence-corrected chi connectivity index (χ4v) is 2.83. The average Bonchev–Trinajstić information content (AvgIpc) is 2.67. The van der Waals surface area contributed by atoms with E-state index in [0.717, 1.165) is 4.57 Å². The maximum Gasteiger partial charge on any atom is 0.408 e. The molecule has 0 radical (unpaired) electrons. The molecule has 3 N–H and O–H groups in total. The Bertz CT molecular complexity index is 1240. The quantitative estimate of drug-likeness (QED) is 0.544. The van der Waals surface area contributed by atoms with Crippen molar-refractivity contribution in [3.8, 4) is 5.69 Å². The van der Waals surface area contributed by atoms with Crippen molar-refractivity contribution in [2.24, 2.45) is 0 Å². The first-order valence-corrected chi connectivity index (χ1v) is 9.32. The Morgan fingerprint density at radius 1 is 1.23 bits per heavy atom. The van der Waals surface area contributed by atoms with Crippen molar-refractivity contribution < 1.29 is 19.4 Å². The van der Waals surface area contributed by atoms with E-state index in [2.05, 4.69) is 20.3 Å². The van der Waals surface area contributed by atoms with Crippen LogP contribution in [0, 0.1) is 0 Å². The van der Waals surface area contributed by atoms with Gasteiger partial charge in [0.15, 0.2) is 0 Å². The van der Waals surface area contributed by atoms with E-state index < -0.39 is 35.0 Å². The van der Waals surface area contributed by atoms with Crippen LogP contribution in [0.4, 0.5) is 4.79 Å². The zero-order chi connectivity index (χ0) is 22.8. The number of hydrogen-bond donors (Lipinski definition) is 3. The topological polar surface area (TPSA) is 156 Å². The Balaban J connectivity index is 1.84. The molecule has 0 bridgehead atoms. The first-order valence-electron chi connectivity index (χ1n) is 9.32. The molecule has 3 aromatic heterocycles. The number of nitrogens with zero attached hydrogens (tertiary/aromatic N) is 3. The van der Waals surface area contributed by atoms with Gasteiger partial charge in [0, 0.05) is 18.3 Å². The van der Waals surface area contributed by atoms with Crippen molar-refractivity contribution in [3.63, 3.8) is 0 Å². The van der Waals surface area contributed by atoms with Crippen molar-refractivity contribution >= 4 is 23.0 Å². The summed E-state index contributed by atoms with van der Waals surface area (Å²) in [6.07, 6.45) is 3.13. The number of nitrogens with one attached hydrogen (secondary N) is 2. The summed E-state index contributed by atoms with van der Waals surface area (Å²) in [7, 11) is 0. The number of carboxylic acids is 1. The van der Waals surface area contributed by atoms with Crippen LogP contribution >= 0.6 is 0 Å². The predicted octanol–water partition coefficient (Wildman–Crippen LogP) is 0.989. The van der Waals surface area contributed by atoms with Crippen molar-refractivity contribution in [1.82, 2.24) is 24.8 Å². The molecule has 3 aromatic rings. The fraction of sp³-hybridized carbons (Fsp3) is 0.300. The molecule has 0 spiro atoms. The molecule has 11 heteroatoms. The molecule has 0 aliphatic heterocycles. The molecule has 0 unspecified atom stereocenters. The van der Waals surface area contributed by atoms with Gasteiger partial charge in [0.05, 0.1) is 29.0 Å². The van der Waals surface area contributed by atoms with E-state index >= 15 is 0 Å². The van der Waals surface area contributed by atoms with Crippen molar-refractivity contribution in [1.29, 1.82) is 0 Å². The molecule has 0 fully saturated rings. The van der Waals surface area contributed by atoms with E-state index in [0.29, 0.717) is 11.2 Å². The molecule has 3 heterocycles. The summed E-state index contributed by atoms with van der Waals surface area (Å²) in [6.45, 7) is 4.99. The second-order valence-corrected chi connectivity index (χ2v) is 7.74. The molecule has 162 valence electrons. The number of alkyl carbamates (subject to hydrolysis) is 1. The average molecular weight is 427 g/mol. The Kier molecular flexibility index (Phi) is 5.86. The fourth-order valence-electron chi connectivity index (χ4n) is 2.83. The Labute approximate surface area is 175 Å². The number of fused-ring (bicyclic) bond motifs is 1. The number of pyridine rings is 2. The molecule has 0 aliphatic carbocycles. The normalized spacial score (nSPS) is 12.4. The summed E-state index contributed by atoms with van der Waals surface area (Å²) < 4.78 is 6.00. The summed E-state index contributed by atoms with van der Waals surface area (Å²) in [5.41, 5.74) is -1.11. The highest BCUT2D eigenvalue weighted by Crippen LogP contribution is 2.10. The van der Waals surface area contributed by atoms with Crippen LogP contribution in [0.5, 0.6) is 0 Å². The number of carboxylic acid groups (broad SMARTS) is 1. The number of ether oxygens (including phenoxy) is 1. The first kappa shape index (κ1) is 21.7. The monoisotopic (exact) mass is 427 g/mol. The van der Waals surface area contributed by atoms with Gasteiger partial charge >= 0.3 is 17.8 Å². The largest absolute Gasteiger partial charge is 0.480 e. The van der Waals surface area contributed by atoms with Crippen molar-refractivity contribution in [3.05, 3.63) is 63.3 Å². The minimum absolute atomic E-state index is 0.122. The lowest BCUT2D eigenvalue weighted by molar-refractivity contribution is -0.139. The van der Waals surface area contributed by atoms with Crippen LogP contribution in [0.3, 0.4) is 0 Å². The molecule has 1 amide bonds. The first-order chi connectivity index (χ1) is 14.5. The lowest BCUT2D eigenvalue weighted by atomic mass is 10.1. The van der Waals surface area contributed by atoms with Crippen LogP contribution < -0.4 is 16.6 Å². The summed E-state index contributed by atoms with van der Waals surface area (Å²) >= 11 is 0. The highest BCUT2D eigenvalue weighted by Gasteiger charge is 2.24. The third-order valence-electron chi connectivity index (χ3n) is 4.17. The number of amides is 1. The van der Waals surface area contributed by atoms with E-state index in [1.807, 2.05) is 0 Å². The summed E-state index contributed by atoms with van der Waals surface area (Å²) in [4.78, 5) is 59.0. The van der Waals surface area contributed by atoms with Gasteiger partial charge < -0.3 is 20.1 Å². The number of H-pyrrole nitrogens is 1. The highest BCUT2D eigenvalue weighted by atomic mass is 16.6. The Morgan fingerprint density at radius 3 is 2.58 bits per heavy atom. The molecule has 1 atom stereocenters. The highest BCUT2D eigenvalue weighted by molar-refractivity contribution is 5.80. The van der Waals surface area contributed by atoms with E-state index in [4.69, 9.17) is 4.74 Å². The molecular weight excluding hydrogens is 406 g/mol. The molecule has 0 aliphatic rings. The molecule has 3 rings (SSSR count). The van der Waals surface area contributed by atoms with Crippen LogP contribution in [0.1, 0.15) is 26.5 Å². The maximum atomic E-state index is 12.7. The van der Waals surface area contributed by atoms with Crippen molar-refractivity contribution in [2.45, 2.75) is 38.8 Å². The third-order valence-corrected chi connectivity index (χ3v) is 4.17. The van der Waals surface area contributed by atoms with Crippen LogP contribution in [0.2, 0.25) is 0 Å². The number of rotatable bonds is 5. The molecule has 31 heavy (non-hydrogen) atoms. The van der Waals surface area contributed by atoms with E-state index in [9.17, 15) is 24.3 Å². The number of hydrogen-bond acceptors (Lipinski definition) is 7. The van der Waals surface area contributed by atoms with Gasteiger partial charge in [-0.2, -0.15) is 0 Å². The Morgan fingerprint density at radius 2 is 1.97 bits per heavy atom. The molecule has 0 saturated carbocycles. The van der Waals surface area contributed by atoms with Gasteiger partial charge in [-0.25, -0.2) is 19.0 Å². The van der Waals surface area contributed by atoms with E-state index in [-0.39, 0.29) is 17.5 Å². The smallest absolute Gasteiger partial charge is 0.408 e. The van der Waals surface area contributed by atoms with Gasteiger partial charge in [0.2, 0.25) is 0 Å². The van der Waals surface area contributed by atoms with Gasteiger partial charge in [0.1, 0.15) is 11.6 Å². The standard InChI is InChI=1S/C20H21N5O6/c1-20(2,3)31-19(30)24-14(17(27)28)8-11-4-5-12(9-22-11)25-16(26)13-6-7-21-10-15(13)23-18(25)29/h4-7,9-10,14H,8H2,1-3H3,(H,23,29)(H,24,30)(H,27,28)/t14-/m0/s1. The molecular formula is C20H21N5O6. The van der Waals surface area contributed by atoms with E-state index in [1.165, 1.54) is 36.8 Å². The SMILES string of the molecule is CC(C)(C)OC(=O)N[C@@H](Cc1ccc(-n2c(=O)[nH]c3cnccc3c2=O)cn1)C(=O)O. The predicted molar refractivity (Wildman–Crippen MR) is 110 cm³/mol. The number of aliphatic carboxylic acids is 1. The Hall–Kier alpha value is -4.02. The second-order valence-electron chi connectivity index (χ2n) is 7.74. The summed E-state index contributed by atoms with van der Waals surface area (Å²) in [5, 5.41) is 12.0. The minimum Gasteiger partial charge on any atom is -0.480 e. The third kappa shape index (κ3) is 5.13. The van der Waals surface area contributed by atoms with Crippen LogP contribution in [-0.4, -0.2) is 48.3 Å². The maximum absolute atomic E-state index is 12.7. The van der Waals surface area contributed by atoms with Gasteiger partial charge in [-0.1, -0.05) is 0 Å². The number of carbonyl (C=O) groups is 2. The van der Waals surface area contributed by atoms with Crippen molar-refractivity contribution in [2.75, 3.05) is 0 Å². The lowest BCUT2D eigenvalue weighted by Gasteiger charge is -2.21. The van der Waals surface area contributed by atoms with Gasteiger partial charge in [-0.3, -0.25) is 14.8 Å². The minimum atomic E-state index is -1.27. The molecule has 11 nitrogen and oxygen atoms in total. The summed E-state index contributed by atoms with van der Waals surface area (Å²) in [5.74, 6) is -1.26. The zero-order valence-corrected chi connectivity index (χ0v) is 17.1. The molecule has 0 aromatic carbocycles. The van der Waals surface area contributed by atoms with Crippen LogP contribution in [0.15, 0.2) is 46.4 Å². The molecule has 0 saturated heterocycles. The van der Waals surface area contributed by atoms with Crippen LogP contribution in [-0.2, 0) is 16.0 Å². The second kappa shape index (κ2) is 8.38. The number of carbonyl (C=O) groups excluding carboxylic acids is 1. The number of aromatic amines is 1. The lowest BCUT2D eigenvalue weighted by Crippen LogP contribution is -2.44. The zero-order valence-electron chi connectivity index (χ0n) is 17.1. The van der Waals surface area contributed by atoms with E-state index in [1.54, 1.807) is 20.8 Å². The van der Waals surface area contributed by atoms with Gasteiger partial charge in [-0.05, 0) is 39.0 Å². The van der Waals surface area contributed by atoms with Gasteiger partial charge in [-0.15, -0.1) is 0 Å². The van der Waals surface area contributed by atoms with Gasteiger partial charge in [0.25, 0.3) is 5.56 Å². The summed E-state index contributed by atoms with van der Waals surface area (Å²) in [6, 6.07) is 3.17. The number of aromatic nitrogens is 4. The van der Waals surface area contributed by atoms with Crippen LogP contribution in [0.25, 0.3) is 16.6 Å².